The molecule has 0 aliphatic heterocycles. The van der Waals surface area contributed by atoms with Crippen LogP contribution >= 0.6 is 0 Å². The lowest BCUT2D eigenvalue weighted by molar-refractivity contribution is 0.0280. The number of carbonyl (C=O) groups is 1. The highest BCUT2D eigenvalue weighted by molar-refractivity contribution is 5.95. The second-order valence-corrected chi connectivity index (χ2v) is 6.42. The number of benzene rings is 3. The van der Waals surface area contributed by atoms with Crippen LogP contribution in [0.3, 0.4) is 0 Å². The number of fused-ring (bicyclic) bond motifs is 1. The van der Waals surface area contributed by atoms with Crippen molar-refractivity contribution < 1.29 is 13.9 Å². The third-order valence-corrected chi connectivity index (χ3v) is 4.36. The summed E-state index contributed by atoms with van der Waals surface area (Å²) in [5.74, 6) is 0.238. The molecule has 0 aliphatic rings. The highest BCUT2D eigenvalue weighted by atomic mass is 16.6. The molecular weight excluding hydrogens is 340 g/mol. The van der Waals surface area contributed by atoms with Gasteiger partial charge in [0.2, 0.25) is 5.89 Å². The number of nitrogens with zero attached hydrogens (tertiary/aromatic N) is 2. The summed E-state index contributed by atoms with van der Waals surface area (Å²) in [5, 5.41) is 10.1. The number of aryl methyl sites for hydroxylation is 1. The molecule has 0 aliphatic carbocycles. The fraction of sp³-hybridized carbons (Fsp3) is 0.136. The van der Waals surface area contributed by atoms with Crippen molar-refractivity contribution in [3.05, 3.63) is 83.7 Å². The van der Waals surface area contributed by atoms with E-state index in [0.717, 1.165) is 21.9 Å². The summed E-state index contributed by atoms with van der Waals surface area (Å²) in [5.41, 5.74) is 2.46. The fourth-order valence-corrected chi connectivity index (χ4v) is 2.81. The van der Waals surface area contributed by atoms with Gasteiger partial charge in [-0.25, -0.2) is 4.79 Å². The van der Waals surface area contributed by atoms with Gasteiger partial charge in [-0.1, -0.05) is 48.0 Å². The Morgan fingerprint density at radius 2 is 1.70 bits per heavy atom. The molecule has 0 amide bonds. The molecule has 27 heavy (non-hydrogen) atoms. The zero-order valence-electron chi connectivity index (χ0n) is 15.0. The van der Waals surface area contributed by atoms with E-state index < -0.39 is 12.1 Å². The Hall–Kier alpha value is -3.47. The van der Waals surface area contributed by atoms with Crippen LogP contribution in [0.25, 0.3) is 22.2 Å². The second kappa shape index (κ2) is 7.03. The number of carbonyl (C=O) groups excluding carboxylic acids is 1. The predicted octanol–water partition coefficient (Wildman–Crippen LogP) is 5.12. The van der Waals surface area contributed by atoms with Crippen molar-refractivity contribution in [1.29, 1.82) is 0 Å². The summed E-state index contributed by atoms with van der Waals surface area (Å²) in [6.07, 6.45) is -0.643. The Balaban J connectivity index is 1.50. The van der Waals surface area contributed by atoms with Crippen molar-refractivity contribution in [2.75, 3.05) is 0 Å². The number of esters is 1. The first kappa shape index (κ1) is 17.0. The first-order valence-electron chi connectivity index (χ1n) is 8.70. The van der Waals surface area contributed by atoms with E-state index in [1.54, 1.807) is 13.0 Å². The topological polar surface area (TPSA) is 65.2 Å². The van der Waals surface area contributed by atoms with Crippen molar-refractivity contribution in [3.63, 3.8) is 0 Å². The lowest BCUT2D eigenvalue weighted by Gasteiger charge is -2.10. The molecule has 0 saturated heterocycles. The molecule has 4 aromatic rings. The van der Waals surface area contributed by atoms with Gasteiger partial charge in [0, 0.05) is 5.56 Å². The minimum absolute atomic E-state index is 0.264. The molecule has 5 heteroatoms. The molecule has 1 atom stereocenters. The van der Waals surface area contributed by atoms with Crippen molar-refractivity contribution in [2.24, 2.45) is 0 Å². The Morgan fingerprint density at radius 1 is 0.963 bits per heavy atom. The normalized spacial score (nSPS) is 12.1. The van der Waals surface area contributed by atoms with E-state index in [0.29, 0.717) is 11.5 Å². The molecule has 5 nitrogen and oxygen atoms in total. The van der Waals surface area contributed by atoms with Crippen LogP contribution in [0, 0.1) is 6.92 Å². The maximum Gasteiger partial charge on any atom is 0.338 e. The van der Waals surface area contributed by atoms with E-state index in [4.69, 9.17) is 9.15 Å². The van der Waals surface area contributed by atoms with Gasteiger partial charge in [0.15, 0.2) is 6.10 Å². The summed E-state index contributed by atoms with van der Waals surface area (Å²) in [6, 6.07) is 21.1. The van der Waals surface area contributed by atoms with E-state index in [1.165, 1.54) is 0 Å². The SMILES string of the molecule is Cc1ccc(-c2nnc([C@@H](C)OC(=O)c3ccc4ccccc4c3)o2)cc1. The van der Waals surface area contributed by atoms with Gasteiger partial charge < -0.3 is 9.15 Å². The Kier molecular flexibility index (Phi) is 4.42. The van der Waals surface area contributed by atoms with Crippen LogP contribution in [0.2, 0.25) is 0 Å². The van der Waals surface area contributed by atoms with Gasteiger partial charge in [-0.05, 0) is 48.9 Å². The van der Waals surface area contributed by atoms with Crippen LogP contribution < -0.4 is 0 Å². The van der Waals surface area contributed by atoms with E-state index >= 15 is 0 Å². The van der Waals surface area contributed by atoms with E-state index in [2.05, 4.69) is 10.2 Å². The lowest BCUT2D eigenvalue weighted by atomic mass is 10.1. The summed E-state index contributed by atoms with van der Waals surface area (Å²) >= 11 is 0. The smallest absolute Gasteiger partial charge is 0.338 e. The molecule has 1 aromatic heterocycles. The predicted molar refractivity (Wildman–Crippen MR) is 102 cm³/mol. The van der Waals surface area contributed by atoms with Crippen molar-refractivity contribution in [1.82, 2.24) is 10.2 Å². The molecule has 0 N–H and O–H groups in total. The molecule has 134 valence electrons. The maximum atomic E-state index is 12.5. The monoisotopic (exact) mass is 358 g/mol. The van der Waals surface area contributed by atoms with Crippen LogP contribution in [0.5, 0.6) is 0 Å². The number of hydrogen-bond acceptors (Lipinski definition) is 5. The maximum absolute atomic E-state index is 12.5. The molecule has 0 radical (unpaired) electrons. The van der Waals surface area contributed by atoms with Gasteiger partial charge in [-0.2, -0.15) is 0 Å². The molecule has 0 spiro atoms. The van der Waals surface area contributed by atoms with Gasteiger partial charge in [0.05, 0.1) is 5.56 Å². The third kappa shape index (κ3) is 3.58. The summed E-state index contributed by atoms with van der Waals surface area (Å²) in [7, 11) is 0. The van der Waals surface area contributed by atoms with Gasteiger partial charge in [-0.3, -0.25) is 0 Å². The Morgan fingerprint density at radius 3 is 2.48 bits per heavy atom. The molecule has 3 aromatic carbocycles. The van der Waals surface area contributed by atoms with E-state index in [9.17, 15) is 4.79 Å². The van der Waals surface area contributed by atoms with Gasteiger partial charge in [0.25, 0.3) is 5.89 Å². The first-order valence-corrected chi connectivity index (χ1v) is 8.70. The zero-order valence-corrected chi connectivity index (χ0v) is 15.0. The highest BCUT2D eigenvalue weighted by Crippen LogP contribution is 2.24. The number of aromatic nitrogens is 2. The molecule has 0 saturated carbocycles. The Bertz CT molecular complexity index is 1100. The lowest BCUT2D eigenvalue weighted by Crippen LogP contribution is -2.09. The van der Waals surface area contributed by atoms with Crippen molar-refractivity contribution in [3.8, 4) is 11.5 Å². The fourth-order valence-electron chi connectivity index (χ4n) is 2.81. The average Bonchev–Trinajstić information content (AvgIpc) is 3.18. The molecular formula is C22H18N2O3. The van der Waals surface area contributed by atoms with Crippen molar-refractivity contribution >= 4 is 16.7 Å². The van der Waals surface area contributed by atoms with E-state index in [-0.39, 0.29) is 5.89 Å². The number of ether oxygens (including phenoxy) is 1. The second-order valence-electron chi connectivity index (χ2n) is 6.42. The van der Waals surface area contributed by atoms with Crippen LogP contribution in [-0.2, 0) is 4.74 Å². The summed E-state index contributed by atoms with van der Waals surface area (Å²) in [4.78, 5) is 12.5. The van der Waals surface area contributed by atoms with Crippen molar-refractivity contribution in [2.45, 2.75) is 20.0 Å². The van der Waals surface area contributed by atoms with Gasteiger partial charge in [-0.15, -0.1) is 10.2 Å². The zero-order chi connectivity index (χ0) is 18.8. The molecule has 0 unspecified atom stereocenters. The summed E-state index contributed by atoms with van der Waals surface area (Å²) < 4.78 is 11.2. The minimum atomic E-state index is -0.643. The molecule has 0 fully saturated rings. The van der Waals surface area contributed by atoms with Crippen LogP contribution in [0.4, 0.5) is 0 Å². The van der Waals surface area contributed by atoms with Gasteiger partial charge in [0.1, 0.15) is 0 Å². The quantitative estimate of drug-likeness (QED) is 0.474. The largest absolute Gasteiger partial charge is 0.449 e. The van der Waals surface area contributed by atoms with Crippen LogP contribution in [0.1, 0.15) is 34.8 Å². The van der Waals surface area contributed by atoms with E-state index in [1.807, 2.05) is 67.6 Å². The van der Waals surface area contributed by atoms with Gasteiger partial charge >= 0.3 is 5.97 Å². The number of hydrogen-bond donors (Lipinski definition) is 0. The first-order chi connectivity index (χ1) is 13.1. The standard InChI is InChI=1S/C22H18N2O3/c1-14-7-9-17(10-8-14)21-24-23-20(27-21)15(2)26-22(25)19-12-11-16-5-3-4-6-18(16)13-19/h3-13,15H,1-2H3/t15-/m1/s1. The average molecular weight is 358 g/mol. The highest BCUT2D eigenvalue weighted by Gasteiger charge is 2.20. The summed E-state index contributed by atoms with van der Waals surface area (Å²) in [6.45, 7) is 3.72. The van der Waals surface area contributed by atoms with Crippen LogP contribution in [-0.4, -0.2) is 16.2 Å². The third-order valence-electron chi connectivity index (χ3n) is 4.36. The van der Waals surface area contributed by atoms with Crippen LogP contribution in [0.15, 0.2) is 71.1 Å². The molecule has 1 heterocycles. The Labute approximate surface area is 156 Å². The molecule has 4 rings (SSSR count). The minimum Gasteiger partial charge on any atom is -0.449 e. The molecule has 0 bridgehead atoms. The number of rotatable bonds is 4.